The molecular formula is C11H8N2O2S3. The molecule has 0 aliphatic carbocycles. The van der Waals surface area contributed by atoms with Crippen molar-refractivity contribution in [3.63, 3.8) is 0 Å². The summed E-state index contributed by atoms with van der Waals surface area (Å²) in [5, 5.41) is 5.05. The molecule has 0 saturated heterocycles. The smallest absolute Gasteiger partial charge is 0.392 e. The highest BCUT2D eigenvalue weighted by Crippen LogP contribution is 2.43. The minimum atomic E-state index is -0.808. The van der Waals surface area contributed by atoms with Gasteiger partial charge >= 0.3 is 6.09 Å². The van der Waals surface area contributed by atoms with E-state index in [4.69, 9.17) is 10.5 Å². The summed E-state index contributed by atoms with van der Waals surface area (Å²) >= 11 is 4.77. The number of amides is 1. The maximum atomic E-state index is 10.9. The molecule has 3 heterocycles. The molecule has 0 unspecified atom stereocenters. The highest BCUT2D eigenvalue weighted by atomic mass is 32.2. The fraction of sp³-hybridized carbons (Fsp3) is 0. The highest BCUT2D eigenvalue weighted by Gasteiger charge is 2.17. The second kappa shape index (κ2) is 4.68. The molecule has 3 rings (SSSR count). The van der Waals surface area contributed by atoms with Crippen LogP contribution in [0.5, 0.6) is 5.88 Å². The number of H-pyrrole nitrogens is 1. The van der Waals surface area contributed by atoms with Crippen LogP contribution >= 0.6 is 34.4 Å². The Balaban J connectivity index is 2.05. The van der Waals surface area contributed by atoms with Gasteiger partial charge in [-0.3, -0.25) is 0 Å². The SMILES string of the molecule is NC(=O)Oc1[nH]c2sccc2c1Sc1cccs1. The number of carbonyl (C=O) groups excluding carboxylic acids is 1. The number of rotatable bonds is 3. The van der Waals surface area contributed by atoms with Crippen LogP contribution in [0.15, 0.2) is 38.1 Å². The predicted octanol–water partition coefficient (Wildman–Crippen LogP) is 3.90. The third-order valence-electron chi connectivity index (χ3n) is 2.24. The molecule has 0 spiro atoms. The first-order valence-corrected chi connectivity index (χ1v) is 7.59. The maximum absolute atomic E-state index is 10.9. The Morgan fingerprint density at radius 3 is 2.94 bits per heavy atom. The largest absolute Gasteiger partial charge is 0.411 e. The van der Waals surface area contributed by atoms with Crippen molar-refractivity contribution in [3.05, 3.63) is 29.0 Å². The zero-order valence-electron chi connectivity index (χ0n) is 9.01. The zero-order valence-corrected chi connectivity index (χ0v) is 11.5. The quantitative estimate of drug-likeness (QED) is 0.770. The molecule has 0 atom stereocenters. The van der Waals surface area contributed by atoms with Crippen molar-refractivity contribution in [2.75, 3.05) is 0 Å². The fourth-order valence-corrected chi connectivity index (χ4v) is 4.29. The Hall–Kier alpha value is -1.44. The first kappa shape index (κ1) is 11.6. The molecule has 4 nitrogen and oxygen atoms in total. The molecule has 3 aromatic heterocycles. The van der Waals surface area contributed by atoms with E-state index in [0.29, 0.717) is 5.88 Å². The summed E-state index contributed by atoms with van der Waals surface area (Å²) in [6.45, 7) is 0. The fourth-order valence-electron chi connectivity index (χ4n) is 1.56. The van der Waals surface area contributed by atoms with E-state index in [2.05, 4.69) is 4.98 Å². The first-order valence-electron chi connectivity index (χ1n) is 5.02. The molecule has 18 heavy (non-hydrogen) atoms. The lowest BCUT2D eigenvalue weighted by Crippen LogP contribution is -2.16. The normalized spacial score (nSPS) is 10.9. The number of fused-ring (bicyclic) bond motifs is 1. The van der Waals surface area contributed by atoms with Gasteiger partial charge in [-0.15, -0.1) is 22.7 Å². The number of carbonyl (C=O) groups is 1. The Morgan fingerprint density at radius 2 is 2.22 bits per heavy atom. The minimum absolute atomic E-state index is 0.419. The topological polar surface area (TPSA) is 68.1 Å². The Kier molecular flexibility index (Phi) is 3.02. The molecule has 92 valence electrons. The van der Waals surface area contributed by atoms with Gasteiger partial charge in [0.05, 0.1) is 9.10 Å². The van der Waals surface area contributed by atoms with Crippen LogP contribution in [0.25, 0.3) is 10.2 Å². The van der Waals surface area contributed by atoms with Gasteiger partial charge in [-0.25, -0.2) is 4.79 Å². The van der Waals surface area contributed by atoms with Gasteiger partial charge in [0.15, 0.2) is 0 Å². The molecular weight excluding hydrogens is 288 g/mol. The molecule has 0 fully saturated rings. The van der Waals surface area contributed by atoms with Crippen LogP contribution in [0.1, 0.15) is 0 Å². The van der Waals surface area contributed by atoms with Crippen molar-refractivity contribution >= 4 is 50.7 Å². The number of nitrogens with one attached hydrogen (secondary N) is 1. The molecule has 1 amide bonds. The minimum Gasteiger partial charge on any atom is -0.392 e. The number of hydrogen-bond acceptors (Lipinski definition) is 5. The van der Waals surface area contributed by atoms with Crippen molar-refractivity contribution in [2.45, 2.75) is 9.10 Å². The lowest BCUT2D eigenvalue weighted by atomic mass is 10.4. The van der Waals surface area contributed by atoms with E-state index in [0.717, 1.165) is 19.3 Å². The summed E-state index contributed by atoms with van der Waals surface area (Å²) in [4.78, 5) is 15.8. The van der Waals surface area contributed by atoms with Crippen LogP contribution < -0.4 is 10.5 Å². The third-order valence-corrected chi connectivity index (χ3v) is 5.22. The summed E-state index contributed by atoms with van der Waals surface area (Å²) in [5.74, 6) is 0.419. The zero-order chi connectivity index (χ0) is 12.5. The van der Waals surface area contributed by atoms with Crippen molar-refractivity contribution in [1.82, 2.24) is 4.98 Å². The van der Waals surface area contributed by atoms with E-state index < -0.39 is 6.09 Å². The molecule has 3 aromatic rings. The number of hydrogen-bond donors (Lipinski definition) is 2. The van der Waals surface area contributed by atoms with Crippen LogP contribution in [0.3, 0.4) is 0 Å². The number of aromatic amines is 1. The first-order chi connectivity index (χ1) is 8.74. The number of primary amides is 1. The molecule has 0 aliphatic rings. The highest BCUT2D eigenvalue weighted by molar-refractivity contribution is 8.01. The van der Waals surface area contributed by atoms with Gasteiger partial charge < -0.3 is 15.5 Å². The lowest BCUT2D eigenvalue weighted by Gasteiger charge is -2.01. The van der Waals surface area contributed by atoms with Crippen LogP contribution in [-0.2, 0) is 0 Å². The average molecular weight is 296 g/mol. The maximum Gasteiger partial charge on any atom is 0.411 e. The molecule has 0 saturated carbocycles. The van der Waals surface area contributed by atoms with E-state index >= 15 is 0 Å². The van der Waals surface area contributed by atoms with E-state index in [1.54, 1.807) is 34.4 Å². The van der Waals surface area contributed by atoms with E-state index in [1.165, 1.54) is 0 Å². The molecule has 0 radical (unpaired) electrons. The monoisotopic (exact) mass is 296 g/mol. The van der Waals surface area contributed by atoms with Gasteiger partial charge in [0, 0.05) is 5.39 Å². The molecule has 0 bridgehead atoms. The third kappa shape index (κ3) is 2.12. The summed E-state index contributed by atoms with van der Waals surface area (Å²) in [6, 6.07) is 6.01. The summed E-state index contributed by atoms with van der Waals surface area (Å²) in [5.41, 5.74) is 5.07. The summed E-state index contributed by atoms with van der Waals surface area (Å²) in [7, 11) is 0. The van der Waals surface area contributed by atoms with Gasteiger partial charge in [0.1, 0.15) is 4.83 Å². The van der Waals surface area contributed by atoms with E-state index in [1.807, 2.05) is 29.0 Å². The van der Waals surface area contributed by atoms with Crippen LogP contribution in [0.4, 0.5) is 4.79 Å². The second-order valence-electron chi connectivity index (χ2n) is 3.40. The van der Waals surface area contributed by atoms with Gasteiger partial charge in [-0.05, 0) is 22.9 Å². The Bertz CT molecular complexity index is 684. The van der Waals surface area contributed by atoms with Gasteiger partial charge in [0.25, 0.3) is 0 Å². The van der Waals surface area contributed by atoms with Gasteiger partial charge in [-0.1, -0.05) is 17.8 Å². The second-order valence-corrected chi connectivity index (χ2v) is 6.58. The van der Waals surface area contributed by atoms with Crippen LogP contribution in [0.2, 0.25) is 0 Å². The van der Waals surface area contributed by atoms with Crippen molar-refractivity contribution in [1.29, 1.82) is 0 Å². The Labute approximate surface area is 115 Å². The lowest BCUT2D eigenvalue weighted by molar-refractivity contribution is 0.208. The Morgan fingerprint density at radius 1 is 1.33 bits per heavy atom. The number of thiophene rings is 2. The molecule has 0 aromatic carbocycles. The summed E-state index contributed by atoms with van der Waals surface area (Å²) < 4.78 is 6.15. The van der Waals surface area contributed by atoms with Crippen LogP contribution in [-0.4, -0.2) is 11.1 Å². The predicted molar refractivity (Wildman–Crippen MR) is 74.8 cm³/mol. The number of ether oxygens (including phenoxy) is 1. The average Bonchev–Trinajstić information content (AvgIpc) is 2.98. The number of nitrogens with two attached hydrogens (primary N) is 1. The standard InChI is InChI=1S/C11H8N2O2S3/c12-11(14)15-9-8(18-7-2-1-4-16-7)6-3-5-17-10(6)13-9/h1-5,13H,(H2,12,14). The molecule has 7 heteroatoms. The van der Waals surface area contributed by atoms with E-state index in [9.17, 15) is 4.79 Å². The molecule has 0 aliphatic heterocycles. The van der Waals surface area contributed by atoms with Crippen LogP contribution in [0, 0.1) is 0 Å². The summed E-state index contributed by atoms with van der Waals surface area (Å²) in [6.07, 6.45) is -0.808. The number of aromatic nitrogens is 1. The van der Waals surface area contributed by atoms with Crippen molar-refractivity contribution in [2.24, 2.45) is 5.73 Å². The molecule has 3 N–H and O–H groups in total. The van der Waals surface area contributed by atoms with Gasteiger partial charge in [-0.2, -0.15) is 0 Å². The van der Waals surface area contributed by atoms with E-state index in [-0.39, 0.29) is 0 Å². The van der Waals surface area contributed by atoms with Gasteiger partial charge in [0.2, 0.25) is 5.88 Å². The van der Waals surface area contributed by atoms with Crippen molar-refractivity contribution in [3.8, 4) is 5.88 Å². The van der Waals surface area contributed by atoms with Crippen molar-refractivity contribution < 1.29 is 9.53 Å².